The summed E-state index contributed by atoms with van der Waals surface area (Å²) in [6, 6.07) is 0. The summed E-state index contributed by atoms with van der Waals surface area (Å²) in [5.74, 6) is -1.09. The molecule has 0 rings (SSSR count). The number of allylic oxidation sites excluding steroid dienone is 22. The first-order valence-corrected chi connectivity index (χ1v) is 27.7. The van der Waals surface area contributed by atoms with Gasteiger partial charge >= 0.3 is 17.9 Å². The first-order chi connectivity index (χ1) is 34.0. The topological polar surface area (TPSA) is 78.9 Å². The van der Waals surface area contributed by atoms with Crippen LogP contribution < -0.4 is 0 Å². The summed E-state index contributed by atoms with van der Waals surface area (Å²) in [4.78, 5) is 38.1. The van der Waals surface area contributed by atoms with Crippen LogP contribution in [0.4, 0.5) is 0 Å². The van der Waals surface area contributed by atoms with Crippen LogP contribution in [0, 0.1) is 0 Å². The highest BCUT2D eigenvalue weighted by atomic mass is 16.6. The van der Waals surface area contributed by atoms with Crippen LogP contribution in [0.15, 0.2) is 134 Å². The van der Waals surface area contributed by atoms with Gasteiger partial charge in [0, 0.05) is 19.3 Å². The molecular weight excluding hydrogens is 853 g/mol. The molecule has 1 atom stereocenters. The lowest BCUT2D eigenvalue weighted by Crippen LogP contribution is -2.30. The molecule has 0 heterocycles. The van der Waals surface area contributed by atoms with Crippen LogP contribution in [0.1, 0.15) is 226 Å². The Labute approximate surface area is 424 Å². The minimum atomic E-state index is -0.840. The lowest BCUT2D eigenvalue weighted by atomic mass is 10.1. The van der Waals surface area contributed by atoms with Crippen molar-refractivity contribution in [3.63, 3.8) is 0 Å². The highest BCUT2D eigenvalue weighted by Crippen LogP contribution is 2.12. The van der Waals surface area contributed by atoms with Crippen molar-refractivity contribution in [3.8, 4) is 0 Å². The van der Waals surface area contributed by atoms with E-state index in [4.69, 9.17) is 14.2 Å². The van der Waals surface area contributed by atoms with E-state index in [1.54, 1.807) is 0 Å². The van der Waals surface area contributed by atoms with Gasteiger partial charge in [0.2, 0.25) is 0 Å². The van der Waals surface area contributed by atoms with Crippen molar-refractivity contribution in [2.75, 3.05) is 13.2 Å². The van der Waals surface area contributed by atoms with Crippen LogP contribution in [0.3, 0.4) is 0 Å². The molecule has 0 N–H and O–H groups in total. The number of carbonyl (C=O) groups excluding carboxylic acids is 3. The maximum atomic E-state index is 12.8. The number of carbonyl (C=O) groups is 3. The molecule has 0 aromatic heterocycles. The first-order valence-electron chi connectivity index (χ1n) is 27.7. The molecule has 0 aliphatic rings. The van der Waals surface area contributed by atoms with Crippen molar-refractivity contribution < 1.29 is 28.6 Å². The van der Waals surface area contributed by atoms with Crippen molar-refractivity contribution >= 4 is 17.9 Å². The maximum Gasteiger partial charge on any atom is 0.306 e. The van der Waals surface area contributed by atoms with Crippen molar-refractivity contribution in [2.24, 2.45) is 0 Å². The van der Waals surface area contributed by atoms with Gasteiger partial charge in [-0.2, -0.15) is 0 Å². The average Bonchev–Trinajstić information content (AvgIpc) is 3.35. The summed E-state index contributed by atoms with van der Waals surface area (Å²) < 4.78 is 16.7. The molecule has 0 aliphatic heterocycles. The molecule has 0 aromatic rings. The fraction of sp³-hybridized carbons (Fsp3) is 0.603. The van der Waals surface area contributed by atoms with E-state index in [-0.39, 0.29) is 50.4 Å². The summed E-state index contributed by atoms with van der Waals surface area (Å²) in [6.45, 7) is 6.36. The van der Waals surface area contributed by atoms with Crippen molar-refractivity contribution in [2.45, 2.75) is 232 Å². The minimum absolute atomic E-state index is 0.137. The van der Waals surface area contributed by atoms with Gasteiger partial charge in [-0.3, -0.25) is 14.4 Å². The van der Waals surface area contributed by atoms with Gasteiger partial charge in [-0.1, -0.05) is 219 Å². The number of ether oxygens (including phenoxy) is 3. The number of hydrogen-bond donors (Lipinski definition) is 0. The SMILES string of the molecule is CCC=CCC=CCC=CCC=CCC=CCC=CCCC(=O)OCC(COC(=O)CCCC=CCC=CCC=CCC=CCCCCC)OC(=O)CCCCCCCC=CCCCCCCCC. The van der Waals surface area contributed by atoms with Crippen LogP contribution >= 0.6 is 0 Å². The predicted molar refractivity (Wildman–Crippen MR) is 297 cm³/mol. The molecule has 1 unspecified atom stereocenters. The molecular formula is C63H100O6. The van der Waals surface area contributed by atoms with Gasteiger partial charge in [0.05, 0.1) is 0 Å². The van der Waals surface area contributed by atoms with Crippen molar-refractivity contribution in [3.05, 3.63) is 134 Å². The van der Waals surface area contributed by atoms with Gasteiger partial charge in [0.15, 0.2) is 6.10 Å². The lowest BCUT2D eigenvalue weighted by Gasteiger charge is -2.18. The second-order valence-electron chi connectivity index (χ2n) is 17.7. The molecule has 0 bridgehead atoms. The van der Waals surface area contributed by atoms with Crippen LogP contribution in [0.5, 0.6) is 0 Å². The maximum absolute atomic E-state index is 12.8. The number of unbranched alkanes of at least 4 members (excludes halogenated alkanes) is 15. The van der Waals surface area contributed by atoms with Crippen molar-refractivity contribution in [1.29, 1.82) is 0 Å². The van der Waals surface area contributed by atoms with Crippen LogP contribution in [-0.4, -0.2) is 37.2 Å². The van der Waals surface area contributed by atoms with Gasteiger partial charge in [-0.05, 0) is 122 Å². The number of hydrogen-bond acceptors (Lipinski definition) is 6. The molecule has 0 saturated heterocycles. The van der Waals surface area contributed by atoms with E-state index in [1.807, 2.05) is 12.2 Å². The summed E-state index contributed by atoms with van der Waals surface area (Å²) in [5.41, 5.74) is 0. The third-order valence-electron chi connectivity index (χ3n) is 11.1. The normalized spacial score (nSPS) is 13.1. The van der Waals surface area contributed by atoms with Crippen LogP contribution in [-0.2, 0) is 28.6 Å². The van der Waals surface area contributed by atoms with E-state index < -0.39 is 6.10 Å². The van der Waals surface area contributed by atoms with Crippen LogP contribution in [0.2, 0.25) is 0 Å². The summed E-state index contributed by atoms with van der Waals surface area (Å²) in [5, 5.41) is 0. The third-order valence-corrected chi connectivity index (χ3v) is 11.1. The first kappa shape index (κ1) is 64.5. The number of esters is 3. The highest BCUT2D eigenvalue weighted by molar-refractivity contribution is 5.71. The lowest BCUT2D eigenvalue weighted by molar-refractivity contribution is -0.166. The average molecular weight is 953 g/mol. The Kier molecular flexibility index (Phi) is 52.5. The molecule has 0 aromatic carbocycles. The fourth-order valence-corrected chi connectivity index (χ4v) is 6.98. The van der Waals surface area contributed by atoms with Gasteiger partial charge in [0.25, 0.3) is 0 Å². The van der Waals surface area contributed by atoms with E-state index >= 15 is 0 Å². The molecule has 0 saturated carbocycles. The zero-order valence-corrected chi connectivity index (χ0v) is 44.3. The van der Waals surface area contributed by atoms with Gasteiger partial charge in [-0.15, -0.1) is 0 Å². The summed E-state index contributed by atoms with van der Waals surface area (Å²) in [6.07, 6.45) is 78.8. The Balaban J connectivity index is 4.62. The molecule has 6 heteroatoms. The van der Waals surface area contributed by atoms with Gasteiger partial charge in [0.1, 0.15) is 13.2 Å². The second-order valence-corrected chi connectivity index (χ2v) is 17.7. The molecule has 6 nitrogen and oxygen atoms in total. The molecule has 0 radical (unpaired) electrons. The molecule has 0 aliphatic carbocycles. The van der Waals surface area contributed by atoms with Gasteiger partial charge in [-0.25, -0.2) is 0 Å². The largest absolute Gasteiger partial charge is 0.462 e. The zero-order chi connectivity index (χ0) is 50.0. The number of rotatable bonds is 48. The third kappa shape index (κ3) is 54.4. The van der Waals surface area contributed by atoms with E-state index in [9.17, 15) is 14.4 Å². The Morgan fingerprint density at radius 2 is 0.609 bits per heavy atom. The summed E-state index contributed by atoms with van der Waals surface area (Å²) >= 11 is 0. The predicted octanol–water partition coefficient (Wildman–Crippen LogP) is 18.6. The molecule has 0 spiro atoms. The molecule has 0 amide bonds. The molecule has 388 valence electrons. The van der Waals surface area contributed by atoms with E-state index in [0.29, 0.717) is 12.8 Å². The second kappa shape index (κ2) is 56.1. The standard InChI is InChI=1S/C63H100O6/c1-4-7-10-13-16-19-22-25-28-30-31-33-36-38-41-44-47-50-53-56-62(65)68-59-60(69-63(66)57-54-51-48-45-42-39-34-27-24-21-18-15-12-9-6-3)58-67-61(64)55-52-49-46-43-40-37-35-32-29-26-23-20-17-14-11-8-5-2/h7,10,16-17,19-20,25-29,31,33-35,37-38,41,43,46-47,50,60H,4-6,8-9,11-15,18,21-24,30,32,36,39-40,42,44-45,48-49,51-59H2,1-3H3. The van der Waals surface area contributed by atoms with E-state index in [2.05, 4.69) is 142 Å². The quantitative estimate of drug-likeness (QED) is 0.0262. The Hall–Kier alpha value is -4.45. The smallest absolute Gasteiger partial charge is 0.306 e. The summed E-state index contributed by atoms with van der Waals surface area (Å²) in [7, 11) is 0. The molecule has 0 fully saturated rings. The van der Waals surface area contributed by atoms with Crippen LogP contribution in [0.25, 0.3) is 0 Å². The Bertz CT molecular complexity index is 1510. The highest BCUT2D eigenvalue weighted by Gasteiger charge is 2.19. The Morgan fingerprint density at radius 3 is 1.06 bits per heavy atom. The van der Waals surface area contributed by atoms with Crippen molar-refractivity contribution in [1.82, 2.24) is 0 Å². The Morgan fingerprint density at radius 1 is 0.304 bits per heavy atom. The molecule has 69 heavy (non-hydrogen) atoms. The fourth-order valence-electron chi connectivity index (χ4n) is 6.98. The van der Waals surface area contributed by atoms with E-state index in [1.165, 1.54) is 77.0 Å². The monoisotopic (exact) mass is 953 g/mol. The zero-order valence-electron chi connectivity index (χ0n) is 44.3. The van der Waals surface area contributed by atoms with Gasteiger partial charge < -0.3 is 14.2 Å². The van der Waals surface area contributed by atoms with E-state index in [0.717, 1.165) is 96.3 Å². The minimum Gasteiger partial charge on any atom is -0.462 e.